The molecule has 0 spiro atoms. The Bertz CT molecular complexity index is 4400. The number of imidazole rings is 1. The second-order valence-corrected chi connectivity index (χ2v) is 21.7. The smallest absolute Gasteiger partial charge is 0.503 e. The van der Waals surface area contributed by atoms with Crippen LogP contribution in [0.5, 0.6) is 11.5 Å². The van der Waals surface area contributed by atoms with Crippen molar-refractivity contribution < 1.29 is 25.8 Å². The Hall–Kier alpha value is -7.79. The zero-order valence-electron chi connectivity index (χ0n) is 41.8. The second kappa shape index (κ2) is 16.1. The van der Waals surface area contributed by atoms with Gasteiger partial charge in [-0.3, -0.25) is 4.98 Å². The summed E-state index contributed by atoms with van der Waals surface area (Å²) in [6.45, 7) is 16.2. The van der Waals surface area contributed by atoms with E-state index >= 15 is 0 Å². The molecular formula is C66H51N5OPt. The third kappa shape index (κ3) is 6.52. The molecule has 0 atom stereocenters. The number of aromatic nitrogens is 5. The SMILES string of the molecule is CC(C)(C)c1ccnc(-n2c3[c-]c(Oc4[c-]c5c(cc4)c4cccc6c4n4c(c(-c7ccccc7)nc54)C(C)(C)C6(C)C)ccc3c3cc(-c4cccc5c4c4ccccc4n5-c4ccccc4)ccc32)c1.[Pt+2]. The van der Waals surface area contributed by atoms with Gasteiger partial charge in [0.2, 0.25) is 0 Å². The van der Waals surface area contributed by atoms with Crippen LogP contribution in [0.15, 0.2) is 182 Å². The Morgan fingerprint density at radius 3 is 2.03 bits per heavy atom. The maximum absolute atomic E-state index is 6.89. The van der Waals surface area contributed by atoms with Gasteiger partial charge in [-0.15, -0.1) is 29.7 Å². The molecule has 13 aromatic rings. The van der Waals surface area contributed by atoms with Gasteiger partial charge in [0.1, 0.15) is 5.82 Å². The molecule has 73 heavy (non-hydrogen) atoms. The number of rotatable bonds is 6. The number of ether oxygens (including phenoxy) is 1. The van der Waals surface area contributed by atoms with Gasteiger partial charge < -0.3 is 18.3 Å². The molecule has 0 bridgehead atoms. The second-order valence-electron chi connectivity index (χ2n) is 21.7. The van der Waals surface area contributed by atoms with Crippen molar-refractivity contribution in [2.24, 2.45) is 0 Å². The number of pyridine rings is 2. The van der Waals surface area contributed by atoms with Crippen LogP contribution in [0.4, 0.5) is 0 Å². The summed E-state index contributed by atoms with van der Waals surface area (Å²) in [7, 11) is 0. The van der Waals surface area contributed by atoms with E-state index in [2.05, 4.69) is 238 Å². The molecule has 0 fully saturated rings. The summed E-state index contributed by atoms with van der Waals surface area (Å²) in [5.74, 6) is 2.02. The van der Waals surface area contributed by atoms with Crippen LogP contribution in [0.2, 0.25) is 0 Å². The summed E-state index contributed by atoms with van der Waals surface area (Å²) in [4.78, 5) is 10.6. The van der Waals surface area contributed by atoms with E-state index in [0.717, 1.165) is 66.6 Å². The summed E-state index contributed by atoms with van der Waals surface area (Å²) in [6, 6.07) is 70.6. The topological polar surface area (TPSA) is 49.3 Å². The number of para-hydroxylation sites is 3. The number of nitrogens with zero attached hydrogens (tertiary/aromatic N) is 5. The Labute approximate surface area is 438 Å². The van der Waals surface area contributed by atoms with Crippen LogP contribution in [-0.4, -0.2) is 23.5 Å². The van der Waals surface area contributed by atoms with E-state index in [4.69, 9.17) is 14.7 Å². The van der Waals surface area contributed by atoms with Crippen LogP contribution in [-0.2, 0) is 37.3 Å². The standard InChI is InChI=1S/C66H51N5O.Pt/c1-64(2,3)42-34-35-67-58(37-42)70-55-33-28-41(46-23-17-27-56-59(46)50-22-14-15-26-54(50)69(56)43-20-12-9-13-21-43)36-51(55)48-32-30-45(39-57(48)70)72-44-29-31-47-49-24-16-25-53-61(49)71-62(66(6,7)65(53,4)5)60(40-18-10-8-11-19-40)68-63(71)52(47)38-44;/h8-37H,1-7H3;/q-2;+2. The molecule has 0 N–H and O–H groups in total. The van der Waals surface area contributed by atoms with Gasteiger partial charge in [-0.1, -0.05) is 180 Å². The minimum atomic E-state index is -0.248. The fourth-order valence-electron chi connectivity index (χ4n) is 11.9. The van der Waals surface area contributed by atoms with Gasteiger partial charge >= 0.3 is 21.1 Å². The predicted octanol–water partition coefficient (Wildman–Crippen LogP) is 16.8. The minimum Gasteiger partial charge on any atom is -0.503 e. The molecule has 1 aliphatic rings. The first kappa shape index (κ1) is 45.1. The summed E-state index contributed by atoms with van der Waals surface area (Å²) in [6.07, 6.45) is 1.92. The first-order valence-corrected chi connectivity index (χ1v) is 25.0. The number of hydrogen-bond acceptors (Lipinski definition) is 3. The van der Waals surface area contributed by atoms with Gasteiger partial charge in [-0.05, 0) is 80.9 Å². The molecule has 0 unspecified atom stereocenters. The van der Waals surface area contributed by atoms with Crippen LogP contribution in [0.25, 0.3) is 105 Å². The first-order chi connectivity index (χ1) is 34.9. The Morgan fingerprint density at radius 2 is 1.23 bits per heavy atom. The van der Waals surface area contributed by atoms with Gasteiger partial charge in [0, 0.05) is 67.3 Å². The Morgan fingerprint density at radius 1 is 0.548 bits per heavy atom. The number of fused-ring (bicyclic) bond motifs is 9. The average molecular weight is 1130 g/mol. The maximum atomic E-state index is 6.89. The monoisotopic (exact) mass is 1120 g/mol. The summed E-state index contributed by atoms with van der Waals surface area (Å²) in [5, 5.41) is 7.82. The third-order valence-corrected chi connectivity index (χ3v) is 16.2. The van der Waals surface area contributed by atoms with E-state index in [-0.39, 0.29) is 37.3 Å². The van der Waals surface area contributed by atoms with Crippen LogP contribution >= 0.6 is 0 Å². The van der Waals surface area contributed by atoms with E-state index in [1.54, 1.807) is 0 Å². The van der Waals surface area contributed by atoms with Crippen molar-refractivity contribution in [3.63, 3.8) is 0 Å². The molecule has 6 nitrogen and oxygen atoms in total. The summed E-state index contributed by atoms with van der Waals surface area (Å²) >= 11 is 0. The molecule has 0 radical (unpaired) electrons. The molecule has 5 aromatic heterocycles. The van der Waals surface area contributed by atoms with E-state index in [1.165, 1.54) is 55.1 Å². The van der Waals surface area contributed by atoms with E-state index in [9.17, 15) is 0 Å². The van der Waals surface area contributed by atoms with Crippen LogP contribution in [0, 0.1) is 12.1 Å². The predicted molar refractivity (Wildman–Crippen MR) is 296 cm³/mol. The van der Waals surface area contributed by atoms with Crippen LogP contribution < -0.4 is 4.74 Å². The third-order valence-electron chi connectivity index (χ3n) is 16.2. The number of benzene rings is 8. The maximum Gasteiger partial charge on any atom is 2.00 e. The molecular weight excluding hydrogens is 1070 g/mol. The van der Waals surface area contributed by atoms with E-state index in [0.29, 0.717) is 11.5 Å². The zero-order valence-corrected chi connectivity index (χ0v) is 44.1. The fourth-order valence-corrected chi connectivity index (χ4v) is 11.9. The Balaban J connectivity index is 0.00000516. The molecule has 0 amide bonds. The van der Waals surface area contributed by atoms with Gasteiger partial charge in [-0.2, -0.15) is 6.07 Å². The molecule has 6 heterocycles. The largest absolute Gasteiger partial charge is 2.00 e. The molecule has 1 aliphatic heterocycles. The van der Waals surface area contributed by atoms with Crippen molar-refractivity contribution in [1.82, 2.24) is 23.5 Å². The molecule has 7 heteroatoms. The van der Waals surface area contributed by atoms with Gasteiger partial charge in [0.05, 0.1) is 22.4 Å². The van der Waals surface area contributed by atoms with Crippen LogP contribution in [0.1, 0.15) is 65.3 Å². The van der Waals surface area contributed by atoms with Gasteiger partial charge in [0.15, 0.2) is 0 Å². The van der Waals surface area contributed by atoms with Crippen molar-refractivity contribution in [2.75, 3.05) is 0 Å². The minimum absolute atomic E-state index is 0. The van der Waals surface area contributed by atoms with Crippen molar-refractivity contribution in [1.29, 1.82) is 0 Å². The van der Waals surface area contributed by atoms with Crippen molar-refractivity contribution in [2.45, 2.75) is 64.7 Å². The van der Waals surface area contributed by atoms with Crippen LogP contribution in [0.3, 0.4) is 0 Å². The number of hydrogen-bond donors (Lipinski definition) is 0. The molecule has 0 saturated carbocycles. The van der Waals surface area contributed by atoms with E-state index < -0.39 is 0 Å². The van der Waals surface area contributed by atoms with Crippen molar-refractivity contribution >= 4 is 70.9 Å². The van der Waals surface area contributed by atoms with E-state index in [1.807, 2.05) is 18.3 Å². The average Bonchev–Trinajstić information content (AvgIpc) is 4.07. The normalized spacial score (nSPS) is 14.1. The fraction of sp³-hybridized carbons (Fsp3) is 0.152. The summed E-state index contributed by atoms with van der Waals surface area (Å²) in [5.41, 5.74) is 15.2. The van der Waals surface area contributed by atoms with Gasteiger partial charge in [0.25, 0.3) is 0 Å². The molecule has 14 rings (SSSR count). The van der Waals surface area contributed by atoms with Crippen molar-refractivity contribution in [3.05, 3.63) is 211 Å². The molecule has 0 aliphatic carbocycles. The zero-order chi connectivity index (χ0) is 48.8. The molecule has 0 saturated heterocycles. The first-order valence-electron chi connectivity index (χ1n) is 25.0. The van der Waals surface area contributed by atoms with Gasteiger partial charge in [-0.25, -0.2) is 4.98 Å². The Kier molecular flexibility index (Phi) is 9.95. The molecule has 8 aromatic carbocycles. The summed E-state index contributed by atoms with van der Waals surface area (Å²) < 4.78 is 13.9. The molecule has 356 valence electrons. The van der Waals surface area contributed by atoms with Crippen molar-refractivity contribution in [3.8, 4) is 45.4 Å². The quantitative estimate of drug-likeness (QED) is 0.123.